The summed E-state index contributed by atoms with van der Waals surface area (Å²) in [5, 5.41) is 13.2. The summed E-state index contributed by atoms with van der Waals surface area (Å²) in [4.78, 5) is 34.4. The van der Waals surface area contributed by atoms with Gasteiger partial charge in [0.1, 0.15) is 39.5 Å². The Morgan fingerprint density at radius 2 is 2.03 bits per heavy atom. The standard InChI is InChI=1S/C23H25FN4O4S/c1-12-19-21(25-11-26-22(19)33-20(12)23(30)31)27-15-9-8-14(24)10-18(15)32-17-7-5-4-6-16(17)28(3)13(2)29/h8-11,16-17H,4-7H2,1-3H3,(H,30,31)(H,25,26,27)/t16-,17?/m1/s1. The topological polar surface area (TPSA) is 105 Å². The third-order valence-electron chi connectivity index (χ3n) is 6.06. The number of carboxylic acid groups (broad SMARTS) is 1. The van der Waals surface area contributed by atoms with Crippen molar-refractivity contribution in [1.82, 2.24) is 14.9 Å². The Morgan fingerprint density at radius 1 is 1.27 bits per heavy atom. The SMILES string of the molecule is CC(=O)N(C)[C@@H]1CCCCC1Oc1cc(F)ccc1Nc1ncnc2sc(C(=O)O)c(C)c12. The van der Waals surface area contributed by atoms with Gasteiger partial charge in [-0.1, -0.05) is 6.42 Å². The van der Waals surface area contributed by atoms with Crippen LogP contribution < -0.4 is 10.1 Å². The molecule has 2 N–H and O–H groups in total. The van der Waals surface area contributed by atoms with E-state index in [-0.39, 0.29) is 22.9 Å². The molecule has 1 aliphatic carbocycles. The number of benzene rings is 1. The fourth-order valence-electron chi connectivity index (χ4n) is 4.25. The number of aromatic carboxylic acids is 1. The quantitative estimate of drug-likeness (QED) is 0.533. The van der Waals surface area contributed by atoms with E-state index in [9.17, 15) is 19.1 Å². The van der Waals surface area contributed by atoms with Crippen molar-refractivity contribution >= 4 is 44.9 Å². The fourth-order valence-corrected chi connectivity index (χ4v) is 5.24. The molecule has 1 aromatic carbocycles. The zero-order valence-corrected chi connectivity index (χ0v) is 19.4. The second-order valence-electron chi connectivity index (χ2n) is 8.17. The average Bonchev–Trinajstić information content (AvgIpc) is 3.13. The molecule has 2 heterocycles. The maximum absolute atomic E-state index is 14.2. The number of aromatic nitrogens is 2. The third-order valence-corrected chi connectivity index (χ3v) is 7.25. The van der Waals surface area contributed by atoms with Gasteiger partial charge in [-0.25, -0.2) is 19.2 Å². The molecule has 8 nitrogen and oxygen atoms in total. The largest absolute Gasteiger partial charge is 0.486 e. The number of halogens is 1. The van der Waals surface area contributed by atoms with Gasteiger partial charge >= 0.3 is 5.97 Å². The first-order chi connectivity index (χ1) is 15.8. The molecule has 174 valence electrons. The van der Waals surface area contributed by atoms with Gasteiger partial charge in [-0.05, 0) is 43.9 Å². The van der Waals surface area contributed by atoms with E-state index >= 15 is 0 Å². The Balaban J connectivity index is 1.68. The normalized spacial score (nSPS) is 18.2. The summed E-state index contributed by atoms with van der Waals surface area (Å²) in [7, 11) is 1.76. The smallest absolute Gasteiger partial charge is 0.346 e. The van der Waals surface area contributed by atoms with Crippen LogP contribution in [0.15, 0.2) is 24.5 Å². The molecule has 0 spiro atoms. The van der Waals surface area contributed by atoms with Crippen LogP contribution >= 0.6 is 11.3 Å². The molecule has 10 heteroatoms. The highest BCUT2D eigenvalue weighted by Crippen LogP contribution is 2.37. The van der Waals surface area contributed by atoms with E-state index < -0.39 is 11.8 Å². The van der Waals surface area contributed by atoms with E-state index in [4.69, 9.17) is 4.74 Å². The number of thiophene rings is 1. The van der Waals surface area contributed by atoms with Gasteiger partial charge in [-0.2, -0.15) is 0 Å². The van der Waals surface area contributed by atoms with Crippen LogP contribution in [0.4, 0.5) is 15.9 Å². The van der Waals surface area contributed by atoms with Crippen LogP contribution in [0.25, 0.3) is 10.2 Å². The van der Waals surface area contributed by atoms with Crippen LogP contribution in [0, 0.1) is 12.7 Å². The maximum atomic E-state index is 14.2. The van der Waals surface area contributed by atoms with Gasteiger partial charge in [0.15, 0.2) is 0 Å². The minimum absolute atomic E-state index is 0.0429. The molecular formula is C23H25FN4O4S. The number of hydrogen-bond donors (Lipinski definition) is 2. The zero-order chi connectivity index (χ0) is 23.7. The number of likely N-dealkylation sites (N-methyl/N-ethyl adjacent to an activating group) is 1. The van der Waals surface area contributed by atoms with Crippen molar-refractivity contribution in [3.63, 3.8) is 0 Å². The van der Waals surface area contributed by atoms with Gasteiger partial charge in [0.2, 0.25) is 5.91 Å². The zero-order valence-electron chi connectivity index (χ0n) is 18.6. The van der Waals surface area contributed by atoms with Crippen LogP contribution in [-0.4, -0.2) is 51.0 Å². The van der Waals surface area contributed by atoms with E-state index in [2.05, 4.69) is 15.3 Å². The predicted octanol–water partition coefficient (Wildman–Crippen LogP) is 4.75. The molecule has 1 amide bonds. The number of aryl methyl sites for hydroxylation is 1. The number of hydrogen-bond acceptors (Lipinski definition) is 7. The summed E-state index contributed by atoms with van der Waals surface area (Å²) in [5.74, 6) is -0.792. The second-order valence-corrected chi connectivity index (χ2v) is 9.17. The van der Waals surface area contributed by atoms with Crippen molar-refractivity contribution < 1.29 is 23.8 Å². The van der Waals surface area contributed by atoms with Gasteiger partial charge in [0, 0.05) is 20.0 Å². The van der Waals surface area contributed by atoms with E-state index in [1.807, 2.05) is 0 Å². The summed E-state index contributed by atoms with van der Waals surface area (Å²) in [6, 6.07) is 4.08. The van der Waals surface area contributed by atoms with Crippen LogP contribution in [-0.2, 0) is 4.79 Å². The van der Waals surface area contributed by atoms with Gasteiger partial charge < -0.3 is 20.1 Å². The fraction of sp³-hybridized carbons (Fsp3) is 0.391. The molecule has 0 saturated heterocycles. The molecule has 3 aromatic rings. The molecule has 2 aromatic heterocycles. The van der Waals surface area contributed by atoms with Crippen molar-refractivity contribution in [3.8, 4) is 5.75 Å². The molecule has 33 heavy (non-hydrogen) atoms. The number of nitrogens with zero attached hydrogens (tertiary/aromatic N) is 3. The van der Waals surface area contributed by atoms with E-state index in [1.54, 1.807) is 24.9 Å². The average molecular weight is 473 g/mol. The highest BCUT2D eigenvalue weighted by atomic mass is 32.1. The lowest BCUT2D eigenvalue weighted by atomic mass is 9.91. The summed E-state index contributed by atoms with van der Waals surface area (Å²) >= 11 is 1.08. The van der Waals surface area contributed by atoms with Crippen molar-refractivity contribution in [1.29, 1.82) is 0 Å². The number of anilines is 2. The first-order valence-electron chi connectivity index (χ1n) is 10.7. The highest BCUT2D eigenvalue weighted by molar-refractivity contribution is 7.20. The molecule has 1 unspecified atom stereocenters. The Morgan fingerprint density at radius 3 is 2.76 bits per heavy atom. The number of carbonyl (C=O) groups excluding carboxylic acids is 1. The third kappa shape index (κ3) is 4.61. The lowest BCUT2D eigenvalue weighted by molar-refractivity contribution is -0.132. The number of rotatable bonds is 6. The van der Waals surface area contributed by atoms with Gasteiger partial charge in [0.25, 0.3) is 0 Å². The lowest BCUT2D eigenvalue weighted by Crippen LogP contribution is -2.48. The maximum Gasteiger partial charge on any atom is 0.346 e. The summed E-state index contributed by atoms with van der Waals surface area (Å²) in [5.41, 5.74) is 1.05. The lowest BCUT2D eigenvalue weighted by Gasteiger charge is -2.37. The van der Waals surface area contributed by atoms with Crippen LogP contribution in [0.3, 0.4) is 0 Å². The predicted molar refractivity (Wildman–Crippen MR) is 124 cm³/mol. The second kappa shape index (κ2) is 9.30. The number of amides is 1. The molecule has 1 fully saturated rings. The minimum Gasteiger partial charge on any atom is -0.486 e. The molecule has 0 bridgehead atoms. The summed E-state index contributed by atoms with van der Waals surface area (Å²) in [6.07, 6.45) is 4.61. The van der Waals surface area contributed by atoms with Gasteiger partial charge in [0.05, 0.1) is 17.1 Å². The van der Waals surface area contributed by atoms with Crippen molar-refractivity contribution in [2.45, 2.75) is 51.7 Å². The highest BCUT2D eigenvalue weighted by Gasteiger charge is 2.32. The monoisotopic (exact) mass is 472 g/mol. The van der Waals surface area contributed by atoms with Crippen molar-refractivity contribution in [2.24, 2.45) is 0 Å². The van der Waals surface area contributed by atoms with Crippen LogP contribution in [0.5, 0.6) is 5.75 Å². The molecule has 0 aliphatic heterocycles. The van der Waals surface area contributed by atoms with Gasteiger partial charge in [-0.15, -0.1) is 11.3 Å². The van der Waals surface area contributed by atoms with Crippen LogP contribution in [0.1, 0.15) is 47.8 Å². The van der Waals surface area contributed by atoms with E-state index in [1.165, 1.54) is 25.4 Å². The summed E-state index contributed by atoms with van der Waals surface area (Å²) in [6.45, 7) is 3.24. The van der Waals surface area contributed by atoms with E-state index in [0.29, 0.717) is 33.0 Å². The minimum atomic E-state index is -1.02. The number of carboxylic acids is 1. The Bertz CT molecular complexity index is 1210. The Kier molecular flexibility index (Phi) is 6.46. The number of carbonyl (C=O) groups is 2. The number of nitrogens with one attached hydrogen (secondary N) is 1. The Labute approximate surface area is 194 Å². The number of fused-ring (bicyclic) bond motifs is 1. The molecule has 2 atom stereocenters. The van der Waals surface area contributed by atoms with E-state index in [0.717, 1.165) is 37.0 Å². The van der Waals surface area contributed by atoms with Crippen molar-refractivity contribution in [2.75, 3.05) is 12.4 Å². The first-order valence-corrected chi connectivity index (χ1v) is 11.5. The molecule has 4 rings (SSSR count). The van der Waals surface area contributed by atoms with Crippen molar-refractivity contribution in [3.05, 3.63) is 40.8 Å². The number of ether oxygens (including phenoxy) is 1. The first kappa shape index (κ1) is 22.9. The molecule has 0 radical (unpaired) electrons. The Hall–Kier alpha value is -3.27. The van der Waals surface area contributed by atoms with Crippen LogP contribution in [0.2, 0.25) is 0 Å². The molecule has 1 aliphatic rings. The molecule has 1 saturated carbocycles. The van der Waals surface area contributed by atoms with Gasteiger partial charge in [-0.3, -0.25) is 4.79 Å². The molecular weight excluding hydrogens is 447 g/mol. The summed E-state index contributed by atoms with van der Waals surface area (Å²) < 4.78 is 20.4.